The van der Waals surface area contributed by atoms with Crippen LogP contribution >= 0.6 is 15.9 Å². The molecule has 0 aliphatic carbocycles. The molecule has 0 fully saturated rings. The van der Waals surface area contributed by atoms with Crippen LogP contribution in [0, 0.1) is 0 Å². The van der Waals surface area contributed by atoms with Crippen molar-refractivity contribution in [2.75, 3.05) is 26.6 Å². The second-order valence-electron chi connectivity index (χ2n) is 5.58. The fraction of sp³-hybridized carbons (Fsp3) is 0.211. The summed E-state index contributed by atoms with van der Waals surface area (Å²) in [4.78, 5) is 12.5. The summed E-state index contributed by atoms with van der Waals surface area (Å²) >= 11 is 3.52. The van der Waals surface area contributed by atoms with Crippen LogP contribution in [-0.4, -0.2) is 31.8 Å². The number of fused-ring (bicyclic) bond motifs is 1. The average Bonchev–Trinajstić information content (AvgIpc) is 3.05. The summed E-state index contributed by atoms with van der Waals surface area (Å²) in [6.45, 7) is 0.191. The van der Waals surface area contributed by atoms with Crippen molar-refractivity contribution in [3.63, 3.8) is 0 Å². The smallest absolute Gasteiger partial charge is 0.244 e. The lowest BCUT2D eigenvalue weighted by atomic mass is 10.2. The third-order valence-electron chi connectivity index (χ3n) is 4.02. The Morgan fingerprint density at radius 3 is 2.38 bits per heavy atom. The number of halogens is 1. The van der Waals surface area contributed by atoms with Crippen LogP contribution in [-0.2, 0) is 11.3 Å². The van der Waals surface area contributed by atoms with Crippen molar-refractivity contribution in [1.82, 2.24) is 4.57 Å². The Hall–Kier alpha value is -2.67. The number of amides is 1. The van der Waals surface area contributed by atoms with Crippen LogP contribution in [0.15, 0.2) is 47.1 Å². The highest BCUT2D eigenvalue weighted by Crippen LogP contribution is 2.39. The number of nitrogens with zero attached hydrogens (tertiary/aromatic N) is 1. The van der Waals surface area contributed by atoms with Gasteiger partial charge in [-0.15, -0.1) is 0 Å². The molecule has 26 heavy (non-hydrogen) atoms. The number of carbonyl (C=O) groups is 1. The van der Waals surface area contributed by atoms with E-state index >= 15 is 0 Å². The minimum atomic E-state index is -0.156. The van der Waals surface area contributed by atoms with Gasteiger partial charge in [-0.05, 0) is 18.2 Å². The molecule has 0 aliphatic rings. The second kappa shape index (κ2) is 7.70. The third-order valence-corrected chi connectivity index (χ3v) is 4.71. The second-order valence-corrected chi connectivity index (χ2v) is 6.43. The quantitative estimate of drug-likeness (QED) is 0.655. The first-order chi connectivity index (χ1) is 12.6. The van der Waals surface area contributed by atoms with Crippen LogP contribution in [0.4, 0.5) is 5.69 Å². The Kier molecular flexibility index (Phi) is 5.37. The zero-order chi connectivity index (χ0) is 18.7. The van der Waals surface area contributed by atoms with Gasteiger partial charge in [-0.2, -0.15) is 0 Å². The lowest BCUT2D eigenvalue weighted by Crippen LogP contribution is -2.18. The van der Waals surface area contributed by atoms with Gasteiger partial charge in [0, 0.05) is 39.4 Å². The molecule has 1 N–H and O–H groups in total. The van der Waals surface area contributed by atoms with Gasteiger partial charge in [0.1, 0.15) is 6.54 Å². The average molecular weight is 419 g/mol. The summed E-state index contributed by atoms with van der Waals surface area (Å²) in [5, 5.41) is 3.94. The molecule has 7 heteroatoms. The van der Waals surface area contributed by atoms with Crippen molar-refractivity contribution >= 4 is 38.4 Å². The highest BCUT2D eigenvalue weighted by molar-refractivity contribution is 9.10. The number of carbonyl (C=O) groups excluding carboxylic acids is 1. The van der Waals surface area contributed by atoms with Crippen LogP contribution < -0.4 is 19.5 Å². The first kappa shape index (κ1) is 18.1. The number of methoxy groups -OCH3 is 3. The third kappa shape index (κ3) is 3.48. The molecule has 0 aliphatic heterocycles. The molecule has 136 valence electrons. The van der Waals surface area contributed by atoms with Crippen molar-refractivity contribution in [2.45, 2.75) is 6.54 Å². The Morgan fingerprint density at radius 2 is 1.77 bits per heavy atom. The van der Waals surface area contributed by atoms with Crippen LogP contribution in [0.2, 0.25) is 0 Å². The van der Waals surface area contributed by atoms with Crippen LogP contribution in [0.3, 0.4) is 0 Å². The summed E-state index contributed by atoms with van der Waals surface area (Å²) in [5.74, 6) is 1.29. The van der Waals surface area contributed by atoms with Gasteiger partial charge < -0.3 is 24.1 Å². The van der Waals surface area contributed by atoms with Crippen molar-refractivity contribution in [1.29, 1.82) is 0 Å². The van der Waals surface area contributed by atoms with Crippen LogP contribution in [0.5, 0.6) is 17.2 Å². The number of rotatable bonds is 6. The number of hydrogen-bond donors (Lipinski definition) is 1. The molecule has 0 bridgehead atoms. The van der Waals surface area contributed by atoms with Gasteiger partial charge in [0.25, 0.3) is 0 Å². The summed E-state index contributed by atoms with van der Waals surface area (Å²) in [7, 11) is 4.60. The predicted molar refractivity (Wildman–Crippen MR) is 104 cm³/mol. The molecule has 0 radical (unpaired) electrons. The topological polar surface area (TPSA) is 61.7 Å². The molecule has 0 unspecified atom stereocenters. The molecule has 6 nitrogen and oxygen atoms in total. The van der Waals surface area contributed by atoms with Crippen LogP contribution in [0.1, 0.15) is 0 Å². The first-order valence-electron chi connectivity index (χ1n) is 7.90. The van der Waals surface area contributed by atoms with E-state index in [0.717, 1.165) is 15.4 Å². The molecular formula is C19H19BrN2O4. The fourth-order valence-electron chi connectivity index (χ4n) is 2.83. The van der Waals surface area contributed by atoms with E-state index < -0.39 is 0 Å². The molecular weight excluding hydrogens is 400 g/mol. The molecule has 1 aromatic heterocycles. The van der Waals surface area contributed by atoms with Crippen molar-refractivity contribution in [3.05, 3.63) is 47.1 Å². The van der Waals surface area contributed by atoms with E-state index in [9.17, 15) is 4.79 Å². The zero-order valence-electron chi connectivity index (χ0n) is 14.7. The predicted octanol–water partition coefficient (Wildman–Crippen LogP) is 4.07. The maximum absolute atomic E-state index is 12.5. The Morgan fingerprint density at radius 1 is 1.08 bits per heavy atom. The minimum absolute atomic E-state index is 0.156. The first-order valence-corrected chi connectivity index (χ1v) is 8.70. The summed E-state index contributed by atoms with van der Waals surface area (Å²) in [6.07, 6.45) is 1.89. The van der Waals surface area contributed by atoms with E-state index in [4.69, 9.17) is 14.2 Å². The molecule has 3 rings (SSSR count). The Labute approximate surface area is 159 Å². The van der Waals surface area contributed by atoms with Crippen molar-refractivity contribution in [3.8, 4) is 17.2 Å². The fourth-order valence-corrected chi connectivity index (χ4v) is 3.32. The lowest BCUT2D eigenvalue weighted by molar-refractivity contribution is -0.116. The molecule has 0 saturated heterocycles. The lowest BCUT2D eigenvalue weighted by Gasteiger charge is -2.15. The number of nitrogens with one attached hydrogen (secondary N) is 1. The van der Waals surface area contributed by atoms with E-state index in [0.29, 0.717) is 22.9 Å². The standard InChI is InChI=1S/C19H19BrN2O4/c1-24-16-9-12(10-17(25-2)19(16)26-3)21-18(23)11-22-8-7-13-14(20)5-4-6-15(13)22/h4-10H,11H2,1-3H3,(H,21,23). The number of aromatic nitrogens is 1. The van der Waals surface area contributed by atoms with Gasteiger partial charge in [0.2, 0.25) is 11.7 Å². The monoisotopic (exact) mass is 418 g/mol. The SMILES string of the molecule is COc1cc(NC(=O)Cn2ccc3c(Br)cccc32)cc(OC)c1OC. The Balaban J connectivity index is 1.82. The van der Waals surface area contributed by atoms with E-state index in [-0.39, 0.29) is 12.5 Å². The molecule has 0 atom stereocenters. The summed E-state index contributed by atoms with van der Waals surface area (Å²) in [6, 6.07) is 11.3. The highest BCUT2D eigenvalue weighted by atomic mass is 79.9. The van der Waals surface area contributed by atoms with Gasteiger partial charge in [-0.25, -0.2) is 0 Å². The number of ether oxygens (including phenoxy) is 3. The molecule has 0 spiro atoms. The van der Waals surface area contributed by atoms with E-state index in [1.807, 2.05) is 35.0 Å². The van der Waals surface area contributed by atoms with Crippen LogP contribution in [0.25, 0.3) is 10.9 Å². The summed E-state index contributed by atoms with van der Waals surface area (Å²) in [5.41, 5.74) is 1.56. The van der Waals surface area contributed by atoms with Gasteiger partial charge >= 0.3 is 0 Å². The molecule has 1 amide bonds. The van der Waals surface area contributed by atoms with Gasteiger partial charge in [-0.3, -0.25) is 4.79 Å². The number of hydrogen-bond acceptors (Lipinski definition) is 4. The van der Waals surface area contributed by atoms with Gasteiger partial charge in [-0.1, -0.05) is 22.0 Å². The molecule has 0 saturated carbocycles. The molecule has 1 heterocycles. The van der Waals surface area contributed by atoms with Crippen molar-refractivity contribution in [2.24, 2.45) is 0 Å². The highest BCUT2D eigenvalue weighted by Gasteiger charge is 2.15. The van der Waals surface area contributed by atoms with Gasteiger partial charge in [0.15, 0.2) is 11.5 Å². The van der Waals surface area contributed by atoms with Crippen molar-refractivity contribution < 1.29 is 19.0 Å². The number of benzene rings is 2. The Bertz CT molecular complexity index is 927. The normalized spacial score (nSPS) is 10.6. The van der Waals surface area contributed by atoms with E-state index in [1.54, 1.807) is 12.1 Å². The maximum Gasteiger partial charge on any atom is 0.244 e. The molecule has 3 aromatic rings. The number of anilines is 1. The summed E-state index contributed by atoms with van der Waals surface area (Å²) < 4.78 is 18.8. The minimum Gasteiger partial charge on any atom is -0.493 e. The van der Waals surface area contributed by atoms with Gasteiger partial charge in [0.05, 0.1) is 21.3 Å². The van der Waals surface area contributed by atoms with E-state index in [2.05, 4.69) is 21.2 Å². The van der Waals surface area contributed by atoms with E-state index in [1.165, 1.54) is 21.3 Å². The molecule has 2 aromatic carbocycles. The largest absolute Gasteiger partial charge is 0.493 e. The zero-order valence-corrected chi connectivity index (χ0v) is 16.3. The maximum atomic E-state index is 12.5.